The van der Waals surface area contributed by atoms with Crippen LogP contribution in [-0.4, -0.2) is 40.4 Å². The van der Waals surface area contributed by atoms with Crippen LogP contribution in [0.4, 0.5) is 17.2 Å². The Labute approximate surface area is 210 Å². The van der Waals surface area contributed by atoms with Crippen molar-refractivity contribution in [2.45, 2.75) is 6.92 Å². The zero-order valence-electron chi connectivity index (χ0n) is 20.1. The highest BCUT2D eigenvalue weighted by molar-refractivity contribution is 7.58. The Morgan fingerprint density at radius 3 is 2.36 bits per heavy atom. The molecule has 4 aromatic rings. The molecule has 36 heavy (non-hydrogen) atoms. The van der Waals surface area contributed by atoms with Crippen molar-refractivity contribution in [3.8, 4) is 11.1 Å². The molecule has 2 amide bonds. The summed E-state index contributed by atoms with van der Waals surface area (Å²) in [5.74, 6) is -0.344. The average molecular weight is 500 g/mol. The molecule has 1 heterocycles. The highest BCUT2D eigenvalue weighted by Crippen LogP contribution is 2.25. The quantitative estimate of drug-likeness (QED) is 0.275. The number of anilines is 3. The van der Waals surface area contributed by atoms with Crippen molar-refractivity contribution < 1.29 is 14.5 Å². The molecule has 0 bridgehead atoms. The average Bonchev–Trinajstić information content (AvgIpc) is 2.90. The first kappa shape index (κ1) is 25.0. The Morgan fingerprint density at radius 1 is 0.889 bits per heavy atom. The third kappa shape index (κ3) is 5.74. The second-order valence-corrected chi connectivity index (χ2v) is 9.54. The fourth-order valence-electron chi connectivity index (χ4n) is 3.58. The van der Waals surface area contributed by atoms with E-state index in [4.69, 9.17) is 0 Å². The summed E-state index contributed by atoms with van der Waals surface area (Å²) < 4.78 is 0. The predicted octanol–water partition coefficient (Wildman–Crippen LogP) is 4.64. The number of carbonyl (C=O) groups is 2. The van der Waals surface area contributed by atoms with Crippen LogP contribution in [0, 0.1) is 6.92 Å². The molecule has 1 unspecified atom stereocenters. The molecule has 8 nitrogen and oxygen atoms in total. The number of rotatable bonds is 7. The van der Waals surface area contributed by atoms with Crippen molar-refractivity contribution in [3.63, 3.8) is 0 Å². The smallest absolute Gasteiger partial charge is 0.261 e. The number of aryl methyl sites for hydroxylation is 1. The molecular formula is C27H26N5O3P. The Balaban J connectivity index is 1.52. The molecule has 1 atom stereocenters. The molecule has 0 saturated carbocycles. The molecule has 9 heteroatoms. The minimum atomic E-state index is -1.48. The zero-order chi connectivity index (χ0) is 25.7. The van der Waals surface area contributed by atoms with E-state index in [9.17, 15) is 14.5 Å². The van der Waals surface area contributed by atoms with Gasteiger partial charge in [0.1, 0.15) is 11.4 Å². The maximum atomic E-state index is 13.0. The predicted molar refractivity (Wildman–Crippen MR) is 145 cm³/mol. The van der Waals surface area contributed by atoms with E-state index in [-0.39, 0.29) is 17.0 Å². The van der Waals surface area contributed by atoms with Crippen LogP contribution in [0.5, 0.6) is 0 Å². The second kappa shape index (κ2) is 11.1. The molecule has 3 aromatic carbocycles. The summed E-state index contributed by atoms with van der Waals surface area (Å²) in [6.45, 7) is 3.48. The molecule has 1 aromatic heterocycles. The highest BCUT2D eigenvalue weighted by Gasteiger charge is 2.17. The van der Waals surface area contributed by atoms with Crippen molar-refractivity contribution in [2.75, 3.05) is 29.7 Å². The Bertz CT molecular complexity index is 1410. The molecule has 0 aliphatic carbocycles. The maximum absolute atomic E-state index is 13.0. The number of aromatic nitrogens is 2. The van der Waals surface area contributed by atoms with E-state index in [1.165, 1.54) is 6.20 Å². The fourth-order valence-corrected chi connectivity index (χ4v) is 4.05. The lowest BCUT2D eigenvalue weighted by molar-refractivity contribution is 0.101. The number of hydrogen-bond donors (Lipinski definition) is 4. The van der Waals surface area contributed by atoms with Crippen LogP contribution in [0.25, 0.3) is 11.1 Å². The van der Waals surface area contributed by atoms with Gasteiger partial charge in [0, 0.05) is 30.2 Å². The van der Waals surface area contributed by atoms with Gasteiger partial charge in [-0.05, 0) is 54.5 Å². The van der Waals surface area contributed by atoms with Gasteiger partial charge in [0.05, 0.1) is 8.15 Å². The number of carbonyl (C=O) groups excluding carboxylic acids is 2. The topological polar surface area (TPSA) is 116 Å². The van der Waals surface area contributed by atoms with Crippen LogP contribution >= 0.6 is 8.15 Å². The van der Waals surface area contributed by atoms with Gasteiger partial charge in [0.25, 0.3) is 11.8 Å². The Kier molecular flexibility index (Phi) is 7.68. The standard InChI is InChI=1S/C27H26N5O3P/c1-17-12-13-21(30-25(33)20-11-7-10-19(14-20)18-8-5-4-6-9-18)15-23(17)31-26(34)22-16-29-27(36(3)35)32-24(22)28-2/h4-16,35H,1-3H3,(H,30,33)(H,31,34)(H,28,29,32). The van der Waals surface area contributed by atoms with Gasteiger partial charge < -0.3 is 20.8 Å². The molecule has 182 valence electrons. The lowest BCUT2D eigenvalue weighted by Gasteiger charge is -2.14. The number of hydrogen-bond acceptors (Lipinski definition) is 6. The molecule has 0 aliphatic heterocycles. The van der Waals surface area contributed by atoms with Crippen molar-refractivity contribution in [2.24, 2.45) is 0 Å². The van der Waals surface area contributed by atoms with Crippen LogP contribution in [0.3, 0.4) is 0 Å². The van der Waals surface area contributed by atoms with Crippen LogP contribution in [0.15, 0.2) is 79.0 Å². The number of amides is 2. The second-order valence-electron chi connectivity index (χ2n) is 8.09. The summed E-state index contributed by atoms with van der Waals surface area (Å²) in [7, 11) is 0.161. The first-order chi connectivity index (χ1) is 17.4. The number of nitrogens with zero attached hydrogens (tertiary/aromatic N) is 2. The van der Waals surface area contributed by atoms with Gasteiger partial charge in [0.2, 0.25) is 0 Å². The van der Waals surface area contributed by atoms with Crippen LogP contribution < -0.4 is 21.5 Å². The third-order valence-electron chi connectivity index (χ3n) is 5.52. The van der Waals surface area contributed by atoms with E-state index in [2.05, 4.69) is 25.9 Å². The molecule has 0 spiro atoms. The van der Waals surface area contributed by atoms with E-state index in [1.807, 2.05) is 61.5 Å². The Morgan fingerprint density at radius 2 is 1.64 bits per heavy atom. The fraction of sp³-hybridized carbons (Fsp3) is 0.111. The van der Waals surface area contributed by atoms with E-state index < -0.39 is 14.1 Å². The molecule has 0 radical (unpaired) electrons. The Hall–Kier alpha value is -4.13. The van der Waals surface area contributed by atoms with Gasteiger partial charge >= 0.3 is 0 Å². The number of nitrogens with one attached hydrogen (secondary N) is 3. The zero-order valence-corrected chi connectivity index (χ0v) is 21.0. The van der Waals surface area contributed by atoms with E-state index in [0.29, 0.717) is 22.8 Å². The summed E-state index contributed by atoms with van der Waals surface area (Å²) in [6, 6.07) is 22.6. The minimum Gasteiger partial charge on any atom is -0.372 e. The van der Waals surface area contributed by atoms with E-state index in [1.54, 1.807) is 31.9 Å². The lowest BCUT2D eigenvalue weighted by atomic mass is 10.0. The number of benzene rings is 3. The highest BCUT2D eigenvalue weighted by atomic mass is 31.1. The summed E-state index contributed by atoms with van der Waals surface area (Å²) in [5.41, 5.74) is 4.94. The van der Waals surface area contributed by atoms with Crippen molar-refractivity contribution in [1.29, 1.82) is 0 Å². The first-order valence-corrected chi connectivity index (χ1v) is 13.0. The van der Waals surface area contributed by atoms with Gasteiger partial charge in [-0.1, -0.05) is 48.5 Å². The van der Waals surface area contributed by atoms with Crippen molar-refractivity contribution in [3.05, 3.63) is 95.7 Å². The van der Waals surface area contributed by atoms with Crippen molar-refractivity contribution in [1.82, 2.24) is 9.97 Å². The van der Waals surface area contributed by atoms with Gasteiger partial charge in [-0.25, -0.2) is 9.97 Å². The van der Waals surface area contributed by atoms with Gasteiger partial charge in [-0.2, -0.15) is 0 Å². The lowest BCUT2D eigenvalue weighted by Crippen LogP contribution is -2.21. The summed E-state index contributed by atoms with van der Waals surface area (Å²) in [5, 5.41) is 8.65. The molecule has 0 aliphatic rings. The van der Waals surface area contributed by atoms with Gasteiger partial charge in [-0.3, -0.25) is 9.59 Å². The van der Waals surface area contributed by atoms with Gasteiger partial charge in [-0.15, -0.1) is 0 Å². The molecule has 0 saturated heterocycles. The van der Waals surface area contributed by atoms with Crippen molar-refractivity contribution >= 4 is 42.7 Å². The summed E-state index contributed by atoms with van der Waals surface area (Å²) in [4.78, 5) is 44.1. The molecular weight excluding hydrogens is 473 g/mol. The van der Waals surface area contributed by atoms with Crippen LogP contribution in [0.1, 0.15) is 26.3 Å². The van der Waals surface area contributed by atoms with Crippen LogP contribution in [-0.2, 0) is 0 Å². The van der Waals surface area contributed by atoms with E-state index >= 15 is 0 Å². The summed E-state index contributed by atoms with van der Waals surface area (Å²) in [6.07, 6.45) is 1.39. The molecule has 4 N–H and O–H groups in total. The monoisotopic (exact) mass is 499 g/mol. The van der Waals surface area contributed by atoms with Crippen LogP contribution in [0.2, 0.25) is 0 Å². The molecule has 4 rings (SSSR count). The SMILES string of the molecule is CNc1nc(P(C)O)ncc1C(=O)Nc1cc(NC(=O)c2cccc(-c3ccccc3)c2)ccc1C. The maximum Gasteiger partial charge on any atom is 0.261 e. The largest absolute Gasteiger partial charge is 0.372 e. The third-order valence-corrected chi connectivity index (χ3v) is 6.32. The molecule has 0 fully saturated rings. The van der Waals surface area contributed by atoms with E-state index in [0.717, 1.165) is 16.7 Å². The normalized spacial score (nSPS) is 11.4. The first-order valence-electron chi connectivity index (χ1n) is 11.2. The van der Waals surface area contributed by atoms with Gasteiger partial charge in [0.15, 0.2) is 5.57 Å². The minimum absolute atomic E-state index is 0.240. The summed E-state index contributed by atoms with van der Waals surface area (Å²) >= 11 is 0.